The zero-order chi connectivity index (χ0) is 29.4. The summed E-state index contributed by atoms with van der Waals surface area (Å²) >= 11 is 0. The molecule has 4 aromatic rings. The number of nitrogens with zero attached hydrogens (tertiary/aromatic N) is 3. The number of amides is 1. The molecule has 1 fully saturated rings. The molecular formula is C34H39N5O2. The summed E-state index contributed by atoms with van der Waals surface area (Å²) in [7, 11) is 1.70. The van der Waals surface area contributed by atoms with Crippen LogP contribution >= 0.6 is 0 Å². The van der Waals surface area contributed by atoms with Crippen LogP contribution in [0.15, 0.2) is 84.9 Å². The van der Waals surface area contributed by atoms with Crippen LogP contribution in [0, 0.1) is 6.92 Å². The number of rotatable bonds is 7. The van der Waals surface area contributed by atoms with Crippen molar-refractivity contribution in [3.63, 3.8) is 0 Å². The van der Waals surface area contributed by atoms with Crippen LogP contribution in [0.5, 0.6) is 0 Å². The monoisotopic (exact) mass is 549 g/mol. The van der Waals surface area contributed by atoms with Crippen LogP contribution in [-0.4, -0.2) is 34.7 Å². The Hall–Kier alpha value is -4.52. The van der Waals surface area contributed by atoms with E-state index in [1.807, 2.05) is 67.6 Å². The Labute approximate surface area is 242 Å². The second-order valence-electron chi connectivity index (χ2n) is 10.3. The number of aryl methyl sites for hydroxylation is 2. The lowest BCUT2D eigenvalue weighted by atomic mass is 10.0. The highest BCUT2D eigenvalue weighted by Gasteiger charge is 2.39. The van der Waals surface area contributed by atoms with Crippen LogP contribution in [0.25, 0.3) is 11.1 Å². The number of Topliss-reactive ketones (excluding diaryl/α,β-unsaturated/α-hetero) is 1. The highest BCUT2D eigenvalue weighted by Crippen LogP contribution is 2.39. The second-order valence-corrected chi connectivity index (χ2v) is 10.3. The molecule has 1 saturated heterocycles. The lowest BCUT2D eigenvalue weighted by molar-refractivity contribution is -0.121. The zero-order valence-corrected chi connectivity index (χ0v) is 24.3. The fraction of sp³-hybridized carbons (Fsp3) is 0.294. The van der Waals surface area contributed by atoms with Gasteiger partial charge in [-0.2, -0.15) is 0 Å². The zero-order valence-electron chi connectivity index (χ0n) is 24.3. The number of nitrogens with two attached hydrogens (primary N) is 1. The van der Waals surface area contributed by atoms with E-state index in [9.17, 15) is 9.59 Å². The van der Waals surface area contributed by atoms with Crippen molar-refractivity contribution in [3.8, 4) is 11.1 Å². The molecule has 2 heterocycles. The molecule has 0 bridgehead atoms. The minimum atomic E-state index is -0.195. The Balaban J connectivity index is 0.000000208. The van der Waals surface area contributed by atoms with Crippen LogP contribution in [0.3, 0.4) is 0 Å². The number of ketones is 1. The molecule has 0 radical (unpaired) electrons. The molecular weight excluding hydrogens is 510 g/mol. The van der Waals surface area contributed by atoms with Gasteiger partial charge < -0.3 is 16.0 Å². The minimum absolute atomic E-state index is 0.0479. The van der Waals surface area contributed by atoms with Crippen molar-refractivity contribution in [1.29, 1.82) is 0 Å². The number of hydrogen-bond donors (Lipinski definition) is 2. The van der Waals surface area contributed by atoms with Crippen molar-refractivity contribution in [2.24, 2.45) is 0 Å². The lowest BCUT2D eigenvalue weighted by Gasteiger charge is -2.31. The first kappa shape index (κ1) is 29.5. The number of aromatic nitrogens is 2. The second kappa shape index (κ2) is 13.7. The van der Waals surface area contributed by atoms with Gasteiger partial charge in [0.2, 0.25) is 5.91 Å². The molecule has 1 aromatic heterocycles. The first-order valence-corrected chi connectivity index (χ1v) is 14.2. The summed E-state index contributed by atoms with van der Waals surface area (Å²) in [6, 6.07) is 27.6. The van der Waals surface area contributed by atoms with Gasteiger partial charge in [0, 0.05) is 30.1 Å². The molecule has 2 atom stereocenters. The van der Waals surface area contributed by atoms with E-state index in [1.54, 1.807) is 14.0 Å². The number of nitrogens with one attached hydrogen (secondary N) is 1. The summed E-state index contributed by atoms with van der Waals surface area (Å²) in [6.45, 7) is 5.64. The first-order valence-electron chi connectivity index (χ1n) is 14.2. The number of anilines is 2. The average Bonchev–Trinajstić information content (AvgIpc) is 3.43. The molecule has 7 heteroatoms. The fourth-order valence-electron chi connectivity index (χ4n) is 5.26. The molecule has 41 heavy (non-hydrogen) atoms. The summed E-state index contributed by atoms with van der Waals surface area (Å²) in [5, 5.41) is 2.81. The summed E-state index contributed by atoms with van der Waals surface area (Å²) in [4.78, 5) is 35.0. The number of nitrogen functional groups attached to an aromatic ring is 1. The Morgan fingerprint density at radius 2 is 1.56 bits per heavy atom. The maximum absolute atomic E-state index is 12.5. The molecule has 1 amide bonds. The largest absolute Gasteiger partial charge is 0.399 e. The molecule has 212 valence electrons. The molecule has 0 aliphatic carbocycles. The summed E-state index contributed by atoms with van der Waals surface area (Å²) < 4.78 is 0. The summed E-state index contributed by atoms with van der Waals surface area (Å²) in [6.07, 6.45) is 3.72. The van der Waals surface area contributed by atoms with Gasteiger partial charge in [-0.25, -0.2) is 9.97 Å². The number of benzene rings is 3. The van der Waals surface area contributed by atoms with E-state index in [2.05, 4.69) is 51.4 Å². The quantitative estimate of drug-likeness (QED) is 0.206. The van der Waals surface area contributed by atoms with Crippen molar-refractivity contribution in [2.75, 3.05) is 17.7 Å². The van der Waals surface area contributed by atoms with E-state index in [4.69, 9.17) is 5.73 Å². The fourth-order valence-corrected chi connectivity index (χ4v) is 5.26. The first-order chi connectivity index (χ1) is 19.8. The van der Waals surface area contributed by atoms with Gasteiger partial charge in [0.15, 0.2) is 5.78 Å². The van der Waals surface area contributed by atoms with Gasteiger partial charge in [-0.05, 0) is 61.9 Å². The molecule has 0 spiro atoms. The van der Waals surface area contributed by atoms with E-state index < -0.39 is 0 Å². The Morgan fingerprint density at radius 1 is 0.927 bits per heavy atom. The highest BCUT2D eigenvalue weighted by molar-refractivity contribution is 5.94. The third-order valence-corrected chi connectivity index (χ3v) is 7.30. The number of likely N-dealkylation sites (N-methyl/N-ethyl adjacent to an activating group) is 1. The van der Waals surface area contributed by atoms with Crippen molar-refractivity contribution < 1.29 is 9.59 Å². The lowest BCUT2D eigenvalue weighted by Crippen LogP contribution is -2.43. The van der Waals surface area contributed by atoms with Gasteiger partial charge in [-0.15, -0.1) is 0 Å². The maximum Gasteiger partial charge on any atom is 0.242 e. The van der Waals surface area contributed by atoms with Crippen molar-refractivity contribution in [2.45, 2.75) is 58.5 Å². The molecule has 5 rings (SSSR count). The van der Waals surface area contributed by atoms with Crippen LogP contribution in [0.4, 0.5) is 11.5 Å². The van der Waals surface area contributed by atoms with E-state index in [0.717, 1.165) is 65.4 Å². The van der Waals surface area contributed by atoms with Gasteiger partial charge in [0.1, 0.15) is 17.7 Å². The van der Waals surface area contributed by atoms with Crippen molar-refractivity contribution in [3.05, 3.63) is 108 Å². The summed E-state index contributed by atoms with van der Waals surface area (Å²) in [5.74, 6) is 1.75. The van der Waals surface area contributed by atoms with Gasteiger partial charge in [0.05, 0.1) is 6.04 Å². The van der Waals surface area contributed by atoms with Crippen molar-refractivity contribution in [1.82, 2.24) is 15.3 Å². The molecule has 1 aliphatic rings. The Kier molecular flexibility index (Phi) is 9.85. The molecule has 0 saturated carbocycles. The third-order valence-electron chi connectivity index (χ3n) is 7.30. The minimum Gasteiger partial charge on any atom is -0.399 e. The van der Waals surface area contributed by atoms with Crippen molar-refractivity contribution >= 4 is 23.2 Å². The van der Waals surface area contributed by atoms with Crippen LogP contribution in [-0.2, 0) is 11.2 Å². The predicted octanol–water partition coefficient (Wildman–Crippen LogP) is 6.33. The van der Waals surface area contributed by atoms with Gasteiger partial charge >= 0.3 is 0 Å². The topological polar surface area (TPSA) is 101 Å². The van der Waals surface area contributed by atoms with E-state index in [-0.39, 0.29) is 23.8 Å². The number of carbonyl (C=O) groups is 2. The molecule has 2 unspecified atom stereocenters. The van der Waals surface area contributed by atoms with Gasteiger partial charge in [0.25, 0.3) is 0 Å². The normalized spacial score (nSPS) is 16.0. The average molecular weight is 550 g/mol. The Bertz CT molecular complexity index is 1450. The van der Waals surface area contributed by atoms with Crippen LogP contribution in [0.1, 0.15) is 66.6 Å². The van der Waals surface area contributed by atoms with E-state index >= 15 is 0 Å². The van der Waals surface area contributed by atoms with E-state index in [0.29, 0.717) is 0 Å². The predicted molar refractivity (Wildman–Crippen MR) is 166 cm³/mol. The highest BCUT2D eigenvalue weighted by atomic mass is 16.2. The Morgan fingerprint density at radius 3 is 2.15 bits per heavy atom. The van der Waals surface area contributed by atoms with E-state index in [1.165, 1.54) is 5.56 Å². The smallest absolute Gasteiger partial charge is 0.242 e. The van der Waals surface area contributed by atoms with Gasteiger partial charge in [-0.3, -0.25) is 9.59 Å². The maximum atomic E-state index is 12.5. The standard InChI is InChI=1S/C20H26N4O.C14H13NO/c1-4-8-16-13-19(23-14(2)22-16)24-17(15-9-6-5-7-10-15)11-12-18(24)20(25)21-3;1-10(16)11-2-4-12(5-3-11)13-6-8-14(15)9-7-13/h5-7,9-10,13,17-18H,4,8,11-12H2,1-3H3,(H,21,25);2-9H,15H2,1H3. The third kappa shape index (κ3) is 7.37. The molecule has 1 aliphatic heterocycles. The molecule has 3 N–H and O–H groups in total. The van der Waals surface area contributed by atoms with Gasteiger partial charge in [-0.1, -0.05) is 80.1 Å². The molecule has 7 nitrogen and oxygen atoms in total. The number of hydrogen-bond acceptors (Lipinski definition) is 6. The van der Waals surface area contributed by atoms with Crippen LogP contribution < -0.4 is 16.0 Å². The number of carbonyl (C=O) groups excluding carboxylic acids is 2. The molecule has 3 aromatic carbocycles. The SMILES string of the molecule is CC(=O)c1ccc(-c2ccc(N)cc2)cc1.CCCc1cc(N2C(C(=O)NC)CCC2c2ccccc2)nc(C)n1. The summed E-state index contributed by atoms with van der Waals surface area (Å²) in [5.41, 5.74) is 11.6. The van der Waals surface area contributed by atoms with Crippen LogP contribution in [0.2, 0.25) is 0 Å².